The van der Waals surface area contributed by atoms with Crippen molar-refractivity contribution in [1.29, 1.82) is 0 Å². The summed E-state index contributed by atoms with van der Waals surface area (Å²) in [5.74, 6) is -0.599. The molecule has 0 spiro atoms. The van der Waals surface area contributed by atoms with Crippen LogP contribution in [0.3, 0.4) is 0 Å². The van der Waals surface area contributed by atoms with Crippen molar-refractivity contribution < 1.29 is 19.8 Å². The zero-order valence-electron chi connectivity index (χ0n) is 12.0. The largest absolute Gasteiger partial charge is 0.481 e. The number of carboxylic acid groups (broad SMARTS) is 1. The molecule has 0 aliphatic heterocycles. The fourth-order valence-corrected chi connectivity index (χ4v) is 2.49. The van der Waals surface area contributed by atoms with Gasteiger partial charge in [0, 0.05) is 19.3 Å². The first kappa shape index (κ1) is 15.3. The topological polar surface area (TPSA) is 89.9 Å². The third-order valence-corrected chi connectivity index (χ3v) is 3.69. The van der Waals surface area contributed by atoms with Gasteiger partial charge >= 0.3 is 12.0 Å². The molecule has 1 aliphatic carbocycles. The Morgan fingerprint density at radius 3 is 2.62 bits per heavy atom. The Balaban J connectivity index is 1.94. The summed E-state index contributed by atoms with van der Waals surface area (Å²) >= 11 is 0. The molecular formula is C15H20N2O4. The maximum Gasteiger partial charge on any atom is 0.321 e. The molecule has 0 radical (unpaired) electrons. The summed E-state index contributed by atoms with van der Waals surface area (Å²) in [6.07, 6.45) is 1.10. The first-order valence-electron chi connectivity index (χ1n) is 6.95. The number of aliphatic carboxylic acids is 1. The molecule has 21 heavy (non-hydrogen) atoms. The number of hydrogen-bond acceptors (Lipinski definition) is 3. The van der Waals surface area contributed by atoms with E-state index in [1.807, 2.05) is 0 Å². The van der Waals surface area contributed by atoms with Gasteiger partial charge in [0.15, 0.2) is 0 Å². The Morgan fingerprint density at radius 1 is 1.33 bits per heavy atom. The molecule has 0 atom stereocenters. The molecule has 1 aliphatic rings. The quantitative estimate of drug-likeness (QED) is 0.768. The van der Waals surface area contributed by atoms with E-state index in [1.165, 1.54) is 0 Å². The van der Waals surface area contributed by atoms with E-state index in [1.54, 1.807) is 36.2 Å². The number of carboxylic acids is 1. The molecule has 6 nitrogen and oxygen atoms in total. The van der Waals surface area contributed by atoms with Gasteiger partial charge in [-0.1, -0.05) is 18.2 Å². The van der Waals surface area contributed by atoms with Crippen LogP contribution < -0.4 is 5.32 Å². The Morgan fingerprint density at radius 2 is 2.00 bits per heavy atom. The highest BCUT2D eigenvalue weighted by Crippen LogP contribution is 2.27. The van der Waals surface area contributed by atoms with Gasteiger partial charge in [0.05, 0.1) is 12.5 Å². The first-order chi connectivity index (χ1) is 9.95. The van der Waals surface area contributed by atoms with E-state index in [4.69, 9.17) is 5.11 Å². The maximum absolute atomic E-state index is 12.1. The van der Waals surface area contributed by atoms with Crippen LogP contribution in [0.4, 0.5) is 10.5 Å². The van der Waals surface area contributed by atoms with Gasteiger partial charge in [-0.25, -0.2) is 4.79 Å². The lowest BCUT2D eigenvalue weighted by atomic mass is 9.82. The summed E-state index contributed by atoms with van der Waals surface area (Å²) in [5.41, 5.74) is 1.09. The molecule has 2 rings (SSSR count). The second-order valence-corrected chi connectivity index (χ2v) is 5.53. The third kappa shape index (κ3) is 4.19. The normalized spacial score (nSPS) is 20.5. The van der Waals surface area contributed by atoms with Crippen molar-refractivity contribution >= 4 is 17.7 Å². The molecule has 6 heteroatoms. The molecule has 114 valence electrons. The molecule has 0 saturated heterocycles. The zero-order valence-corrected chi connectivity index (χ0v) is 12.0. The highest BCUT2D eigenvalue weighted by Gasteiger charge is 2.29. The van der Waals surface area contributed by atoms with Crippen LogP contribution in [0.25, 0.3) is 0 Å². The molecule has 1 fully saturated rings. The SMILES string of the molecule is CN(CC1CC(O)C1)C(=O)Nc1ccccc1CC(=O)O. The van der Waals surface area contributed by atoms with E-state index in [0.29, 0.717) is 23.7 Å². The number of nitrogens with one attached hydrogen (secondary N) is 1. The van der Waals surface area contributed by atoms with Crippen molar-refractivity contribution in [2.45, 2.75) is 25.4 Å². The average molecular weight is 292 g/mol. The fraction of sp³-hybridized carbons (Fsp3) is 0.467. The summed E-state index contributed by atoms with van der Waals surface area (Å²) in [4.78, 5) is 24.5. The van der Waals surface area contributed by atoms with E-state index in [9.17, 15) is 14.7 Å². The third-order valence-electron chi connectivity index (χ3n) is 3.69. The molecule has 0 aromatic heterocycles. The minimum atomic E-state index is -0.937. The van der Waals surface area contributed by atoms with Crippen LogP contribution in [0.2, 0.25) is 0 Å². The van der Waals surface area contributed by atoms with Crippen LogP contribution in [-0.4, -0.2) is 46.8 Å². The number of urea groups is 1. The number of nitrogens with zero attached hydrogens (tertiary/aromatic N) is 1. The summed E-state index contributed by atoms with van der Waals surface area (Å²) in [7, 11) is 1.69. The van der Waals surface area contributed by atoms with Gasteiger partial charge in [0.2, 0.25) is 0 Å². The molecular weight excluding hydrogens is 272 g/mol. The molecule has 3 N–H and O–H groups in total. The van der Waals surface area contributed by atoms with Crippen LogP contribution in [0, 0.1) is 5.92 Å². The predicted molar refractivity (Wildman–Crippen MR) is 78.2 cm³/mol. The number of hydrogen-bond donors (Lipinski definition) is 3. The Labute approximate surface area is 123 Å². The molecule has 0 bridgehead atoms. The van der Waals surface area contributed by atoms with Crippen LogP contribution in [0.5, 0.6) is 0 Å². The second kappa shape index (κ2) is 6.58. The van der Waals surface area contributed by atoms with Gasteiger partial charge in [0.1, 0.15) is 0 Å². The van der Waals surface area contributed by atoms with Crippen LogP contribution >= 0.6 is 0 Å². The van der Waals surface area contributed by atoms with Crippen molar-refractivity contribution in [3.05, 3.63) is 29.8 Å². The number of amides is 2. The van der Waals surface area contributed by atoms with Crippen LogP contribution in [0.15, 0.2) is 24.3 Å². The number of benzene rings is 1. The van der Waals surface area contributed by atoms with Gasteiger partial charge in [-0.15, -0.1) is 0 Å². The van der Waals surface area contributed by atoms with Gasteiger partial charge in [-0.2, -0.15) is 0 Å². The van der Waals surface area contributed by atoms with Crippen molar-refractivity contribution in [2.75, 3.05) is 18.9 Å². The predicted octanol–water partition coefficient (Wildman–Crippen LogP) is 1.55. The van der Waals surface area contributed by atoms with E-state index in [-0.39, 0.29) is 18.6 Å². The number of aliphatic hydroxyl groups is 1. The number of rotatable bonds is 5. The summed E-state index contributed by atoms with van der Waals surface area (Å²) < 4.78 is 0. The number of anilines is 1. The molecule has 1 saturated carbocycles. The highest BCUT2D eigenvalue weighted by atomic mass is 16.4. The van der Waals surface area contributed by atoms with Gasteiger partial charge in [-0.3, -0.25) is 4.79 Å². The molecule has 0 unspecified atom stereocenters. The maximum atomic E-state index is 12.1. The van der Waals surface area contributed by atoms with Crippen LogP contribution in [-0.2, 0) is 11.2 Å². The minimum absolute atomic E-state index is 0.130. The van der Waals surface area contributed by atoms with Gasteiger partial charge < -0.3 is 20.4 Å². The van der Waals surface area contributed by atoms with E-state index in [2.05, 4.69) is 5.32 Å². The summed E-state index contributed by atoms with van der Waals surface area (Å²) in [5, 5.41) is 20.9. The number of carbonyl (C=O) groups excluding carboxylic acids is 1. The monoisotopic (exact) mass is 292 g/mol. The van der Waals surface area contributed by atoms with Crippen molar-refractivity contribution in [1.82, 2.24) is 4.90 Å². The fourth-order valence-electron chi connectivity index (χ4n) is 2.49. The Kier molecular flexibility index (Phi) is 4.80. The molecule has 2 amide bonds. The van der Waals surface area contributed by atoms with E-state index >= 15 is 0 Å². The highest BCUT2D eigenvalue weighted by molar-refractivity contribution is 5.90. The lowest BCUT2D eigenvalue weighted by Gasteiger charge is -2.34. The summed E-state index contributed by atoms with van der Waals surface area (Å²) in [6, 6.07) is 6.61. The summed E-state index contributed by atoms with van der Waals surface area (Å²) in [6.45, 7) is 0.587. The smallest absolute Gasteiger partial charge is 0.321 e. The number of aliphatic hydroxyl groups excluding tert-OH is 1. The lowest BCUT2D eigenvalue weighted by Crippen LogP contribution is -2.41. The van der Waals surface area contributed by atoms with E-state index in [0.717, 1.165) is 12.8 Å². The molecule has 0 heterocycles. The molecule has 1 aromatic rings. The number of carbonyl (C=O) groups is 2. The van der Waals surface area contributed by atoms with Gasteiger partial charge in [-0.05, 0) is 30.4 Å². The Bertz CT molecular complexity index is 526. The van der Waals surface area contributed by atoms with Gasteiger partial charge in [0.25, 0.3) is 0 Å². The van der Waals surface area contributed by atoms with Crippen LogP contribution in [0.1, 0.15) is 18.4 Å². The second-order valence-electron chi connectivity index (χ2n) is 5.53. The minimum Gasteiger partial charge on any atom is -0.481 e. The van der Waals surface area contributed by atoms with Crippen molar-refractivity contribution in [3.8, 4) is 0 Å². The average Bonchev–Trinajstić information content (AvgIpc) is 2.38. The number of para-hydroxylation sites is 1. The standard InChI is InChI=1S/C15H20N2O4/c1-17(9-10-6-12(18)7-10)15(21)16-13-5-3-2-4-11(13)8-14(19)20/h2-5,10,12,18H,6-9H2,1H3,(H,16,21)(H,19,20). The lowest BCUT2D eigenvalue weighted by molar-refractivity contribution is -0.136. The Hall–Kier alpha value is -2.08. The van der Waals surface area contributed by atoms with Crippen molar-refractivity contribution in [3.63, 3.8) is 0 Å². The van der Waals surface area contributed by atoms with E-state index < -0.39 is 5.97 Å². The van der Waals surface area contributed by atoms with Crippen molar-refractivity contribution in [2.24, 2.45) is 5.92 Å². The first-order valence-corrected chi connectivity index (χ1v) is 6.95. The zero-order chi connectivity index (χ0) is 15.4. The molecule has 1 aromatic carbocycles.